The minimum Gasteiger partial charge on any atom is -0.497 e. The van der Waals surface area contributed by atoms with Crippen LogP contribution < -0.4 is 20.1 Å². The number of pyridine rings is 2. The minimum atomic E-state index is -0.179. The highest BCUT2D eigenvalue weighted by Gasteiger charge is 2.23. The van der Waals surface area contributed by atoms with Gasteiger partial charge in [0.2, 0.25) is 0 Å². The van der Waals surface area contributed by atoms with Gasteiger partial charge in [-0.05, 0) is 67.7 Å². The van der Waals surface area contributed by atoms with E-state index in [-0.39, 0.29) is 12.5 Å². The summed E-state index contributed by atoms with van der Waals surface area (Å²) in [6, 6.07) is 11.9. The number of carbonyl (C=O) groups is 1. The summed E-state index contributed by atoms with van der Waals surface area (Å²) in [7, 11) is 1.65. The number of likely N-dealkylation sites (tertiary alicyclic amines) is 1. The molecule has 1 saturated heterocycles. The van der Waals surface area contributed by atoms with E-state index in [2.05, 4.69) is 31.6 Å². The number of amides is 1. The van der Waals surface area contributed by atoms with Crippen LogP contribution in [0.1, 0.15) is 23.2 Å². The highest BCUT2D eigenvalue weighted by atomic mass is 16.5. The van der Waals surface area contributed by atoms with Crippen LogP contribution in [0.25, 0.3) is 10.9 Å². The zero-order valence-corrected chi connectivity index (χ0v) is 19.7. The Morgan fingerprint density at radius 1 is 1.34 bits per heavy atom. The molecular formula is C26H28N6O3. The second-order valence-corrected chi connectivity index (χ2v) is 8.97. The van der Waals surface area contributed by atoms with Gasteiger partial charge < -0.3 is 25.0 Å². The van der Waals surface area contributed by atoms with Crippen molar-refractivity contribution in [3.63, 3.8) is 0 Å². The van der Waals surface area contributed by atoms with E-state index < -0.39 is 0 Å². The minimum absolute atomic E-state index is 0.0356. The fraction of sp³-hybridized carbons (Fsp3) is 0.385. The quantitative estimate of drug-likeness (QED) is 0.514. The van der Waals surface area contributed by atoms with Gasteiger partial charge in [-0.3, -0.25) is 9.78 Å². The predicted molar refractivity (Wildman–Crippen MR) is 131 cm³/mol. The van der Waals surface area contributed by atoms with E-state index in [0.29, 0.717) is 29.6 Å². The van der Waals surface area contributed by atoms with Crippen molar-refractivity contribution in [2.45, 2.75) is 19.4 Å². The van der Waals surface area contributed by atoms with Gasteiger partial charge in [-0.25, -0.2) is 4.98 Å². The van der Waals surface area contributed by atoms with Gasteiger partial charge in [0.05, 0.1) is 23.9 Å². The molecule has 2 N–H and O–H groups in total. The molecule has 180 valence electrons. The Bertz CT molecular complexity index is 1290. The van der Waals surface area contributed by atoms with Crippen molar-refractivity contribution in [2.75, 3.05) is 45.2 Å². The SMILES string of the molecule is COc1ccc2ncc(C#N)c(CCN3CC[C@H](CNCc4ccc5c(n4)NC(=O)CO5)C3)c2c1. The number of fused-ring (bicyclic) bond motifs is 2. The fourth-order valence-corrected chi connectivity index (χ4v) is 4.78. The summed E-state index contributed by atoms with van der Waals surface area (Å²) in [4.78, 5) is 22.9. The van der Waals surface area contributed by atoms with Crippen LogP contribution >= 0.6 is 0 Å². The normalized spacial score (nSPS) is 17.5. The Balaban J connectivity index is 1.14. The van der Waals surface area contributed by atoms with E-state index in [1.165, 1.54) is 0 Å². The molecule has 0 aliphatic carbocycles. The summed E-state index contributed by atoms with van der Waals surface area (Å²) in [5, 5.41) is 16.9. The van der Waals surface area contributed by atoms with Crippen molar-refractivity contribution in [3.05, 3.63) is 53.3 Å². The summed E-state index contributed by atoms with van der Waals surface area (Å²) in [6.45, 7) is 4.53. The summed E-state index contributed by atoms with van der Waals surface area (Å²) < 4.78 is 10.8. The van der Waals surface area contributed by atoms with E-state index in [4.69, 9.17) is 9.47 Å². The summed E-state index contributed by atoms with van der Waals surface area (Å²) in [5.74, 6) is 2.25. The molecule has 0 bridgehead atoms. The van der Waals surface area contributed by atoms with Crippen LogP contribution in [0.15, 0.2) is 36.5 Å². The van der Waals surface area contributed by atoms with Gasteiger partial charge >= 0.3 is 0 Å². The number of benzene rings is 1. The number of nitriles is 1. The molecule has 1 aromatic carbocycles. The number of rotatable bonds is 8. The van der Waals surface area contributed by atoms with Gasteiger partial charge in [0.25, 0.3) is 5.91 Å². The molecule has 2 aliphatic rings. The lowest BCUT2D eigenvalue weighted by atomic mass is 10.0. The summed E-state index contributed by atoms with van der Waals surface area (Å²) in [5.41, 5.74) is 3.41. The number of carbonyl (C=O) groups excluding carboxylic acids is 1. The molecule has 4 heterocycles. The smallest absolute Gasteiger partial charge is 0.263 e. The van der Waals surface area contributed by atoms with Gasteiger partial charge in [-0.1, -0.05) is 0 Å². The van der Waals surface area contributed by atoms with Crippen LogP contribution in [-0.4, -0.2) is 60.7 Å². The van der Waals surface area contributed by atoms with Crippen LogP contribution in [0.4, 0.5) is 5.82 Å². The van der Waals surface area contributed by atoms with Gasteiger partial charge in [-0.2, -0.15) is 5.26 Å². The van der Waals surface area contributed by atoms with E-state index in [0.717, 1.165) is 66.9 Å². The number of methoxy groups -OCH3 is 1. The Morgan fingerprint density at radius 2 is 2.26 bits per heavy atom. The van der Waals surface area contributed by atoms with Crippen molar-refractivity contribution >= 4 is 22.6 Å². The van der Waals surface area contributed by atoms with Gasteiger partial charge in [0.1, 0.15) is 11.8 Å². The first-order valence-corrected chi connectivity index (χ1v) is 11.8. The summed E-state index contributed by atoms with van der Waals surface area (Å²) in [6.07, 6.45) is 3.60. The lowest BCUT2D eigenvalue weighted by Gasteiger charge is -2.18. The number of nitrogens with zero attached hydrogens (tertiary/aromatic N) is 4. The number of anilines is 1. The molecule has 5 rings (SSSR count). The van der Waals surface area contributed by atoms with Gasteiger partial charge in [-0.15, -0.1) is 0 Å². The molecule has 0 radical (unpaired) electrons. The second-order valence-electron chi connectivity index (χ2n) is 8.97. The first-order chi connectivity index (χ1) is 17.1. The molecule has 0 spiro atoms. The maximum Gasteiger partial charge on any atom is 0.263 e. The molecule has 35 heavy (non-hydrogen) atoms. The maximum atomic E-state index is 11.5. The fourth-order valence-electron chi connectivity index (χ4n) is 4.78. The van der Waals surface area contributed by atoms with Crippen molar-refractivity contribution in [2.24, 2.45) is 5.92 Å². The number of nitrogens with one attached hydrogen (secondary N) is 2. The molecular weight excluding hydrogens is 444 g/mol. The zero-order valence-electron chi connectivity index (χ0n) is 19.7. The van der Waals surface area contributed by atoms with Crippen LogP contribution in [0.2, 0.25) is 0 Å². The van der Waals surface area contributed by atoms with Crippen molar-refractivity contribution in [3.8, 4) is 17.6 Å². The third-order valence-electron chi connectivity index (χ3n) is 6.63. The van der Waals surface area contributed by atoms with Crippen molar-refractivity contribution < 1.29 is 14.3 Å². The van der Waals surface area contributed by atoms with Crippen molar-refractivity contribution in [1.29, 1.82) is 5.26 Å². The zero-order chi connectivity index (χ0) is 24.2. The third-order valence-corrected chi connectivity index (χ3v) is 6.63. The highest BCUT2D eigenvalue weighted by molar-refractivity contribution is 5.94. The van der Waals surface area contributed by atoms with Crippen molar-refractivity contribution in [1.82, 2.24) is 20.2 Å². The standard InChI is InChI=1S/C26H28N6O3/c1-34-20-3-4-23-22(10-20)21(18(11-27)13-29-23)7-9-32-8-6-17(15-32)12-28-14-19-2-5-24-26(30-19)31-25(33)16-35-24/h2-5,10,13,17,28H,6-9,12,14-16H2,1H3,(H,30,31,33)/t17-/m1/s1. The largest absolute Gasteiger partial charge is 0.497 e. The third kappa shape index (κ3) is 5.19. The molecule has 0 unspecified atom stereocenters. The predicted octanol–water partition coefficient (Wildman–Crippen LogP) is 2.50. The van der Waals surface area contributed by atoms with Gasteiger partial charge in [0.15, 0.2) is 18.2 Å². The highest BCUT2D eigenvalue weighted by Crippen LogP contribution is 2.27. The number of ether oxygens (including phenoxy) is 2. The van der Waals surface area contributed by atoms with E-state index in [1.807, 2.05) is 30.3 Å². The maximum absolute atomic E-state index is 11.5. The number of hydrogen-bond acceptors (Lipinski definition) is 8. The Hall–Kier alpha value is -3.74. The number of aromatic nitrogens is 2. The van der Waals surface area contributed by atoms with E-state index >= 15 is 0 Å². The molecule has 1 fully saturated rings. The summed E-state index contributed by atoms with van der Waals surface area (Å²) >= 11 is 0. The molecule has 2 aromatic heterocycles. The second kappa shape index (κ2) is 10.3. The molecule has 9 heteroatoms. The number of hydrogen-bond donors (Lipinski definition) is 2. The van der Waals surface area contributed by atoms with Crippen LogP contribution in [0.5, 0.6) is 11.5 Å². The Kier molecular flexibility index (Phi) is 6.75. The topological polar surface area (TPSA) is 112 Å². The molecule has 1 atom stereocenters. The lowest BCUT2D eigenvalue weighted by molar-refractivity contribution is -0.118. The monoisotopic (exact) mass is 472 g/mol. The molecule has 2 aliphatic heterocycles. The van der Waals surface area contributed by atoms with E-state index in [9.17, 15) is 10.1 Å². The average Bonchev–Trinajstić information content (AvgIpc) is 3.34. The molecule has 9 nitrogen and oxygen atoms in total. The first kappa shape index (κ1) is 23.0. The molecule has 1 amide bonds. The lowest BCUT2D eigenvalue weighted by Crippen LogP contribution is -2.28. The first-order valence-electron chi connectivity index (χ1n) is 11.8. The van der Waals surface area contributed by atoms with E-state index in [1.54, 1.807) is 13.3 Å². The van der Waals surface area contributed by atoms with Crippen LogP contribution in [0.3, 0.4) is 0 Å². The Labute approximate surface area is 204 Å². The van der Waals surface area contributed by atoms with Gasteiger partial charge in [0, 0.05) is 31.2 Å². The molecule has 0 saturated carbocycles. The molecule has 3 aromatic rings. The van der Waals surface area contributed by atoms with Crippen LogP contribution in [-0.2, 0) is 17.8 Å². The van der Waals surface area contributed by atoms with Crippen LogP contribution in [0, 0.1) is 17.2 Å². The average molecular weight is 473 g/mol. The Morgan fingerprint density at radius 3 is 3.11 bits per heavy atom.